The summed E-state index contributed by atoms with van der Waals surface area (Å²) in [4.78, 5) is 11.9. The normalized spacial score (nSPS) is 9.70. The number of ketones is 1. The van der Waals surface area contributed by atoms with E-state index in [1.807, 2.05) is 17.5 Å². The van der Waals surface area contributed by atoms with Crippen LogP contribution in [0.4, 0.5) is 0 Å². The number of carbonyl (C=O) groups excluding carboxylic acids is 1. The summed E-state index contributed by atoms with van der Waals surface area (Å²) in [6, 6.07) is 3.74. The Morgan fingerprint density at radius 3 is 3.00 bits per heavy atom. The van der Waals surface area contributed by atoms with Crippen LogP contribution < -0.4 is 0 Å². The minimum Gasteiger partial charge on any atom is -0.293 e. The molecule has 0 aliphatic heterocycles. The number of hydrogen-bond donors (Lipinski definition) is 0. The standard InChI is InChI=1S/C8H9OS/c1-2-4-7(9)8-5-3-6-10-8/h3,5-6H,1-2,4H2. The van der Waals surface area contributed by atoms with E-state index in [0.29, 0.717) is 12.8 Å². The smallest absolute Gasteiger partial charge is 0.172 e. The largest absolute Gasteiger partial charge is 0.293 e. The summed E-state index contributed by atoms with van der Waals surface area (Å²) in [7, 11) is 0. The van der Waals surface area contributed by atoms with Gasteiger partial charge in [-0.05, 0) is 17.9 Å². The first-order valence-corrected chi connectivity index (χ1v) is 4.08. The minimum atomic E-state index is 0.213. The second kappa shape index (κ2) is 3.52. The van der Waals surface area contributed by atoms with Crippen molar-refractivity contribution in [3.63, 3.8) is 0 Å². The Morgan fingerprint density at radius 2 is 2.50 bits per heavy atom. The van der Waals surface area contributed by atoms with E-state index in [4.69, 9.17) is 0 Å². The molecule has 0 N–H and O–H groups in total. The molecule has 53 valence electrons. The minimum absolute atomic E-state index is 0.213. The summed E-state index contributed by atoms with van der Waals surface area (Å²) in [5, 5.41) is 1.91. The third kappa shape index (κ3) is 1.67. The van der Waals surface area contributed by atoms with Crippen LogP contribution in [0.2, 0.25) is 0 Å². The molecule has 0 spiro atoms. The number of carbonyl (C=O) groups is 1. The molecule has 0 atom stereocenters. The van der Waals surface area contributed by atoms with E-state index in [1.165, 1.54) is 11.3 Å². The second-order valence-electron chi connectivity index (χ2n) is 2.00. The van der Waals surface area contributed by atoms with Crippen LogP contribution in [0, 0.1) is 6.92 Å². The molecule has 1 nitrogen and oxygen atoms in total. The summed E-state index contributed by atoms with van der Waals surface area (Å²) in [6.07, 6.45) is 1.26. The van der Waals surface area contributed by atoms with Gasteiger partial charge in [0.2, 0.25) is 0 Å². The molecule has 0 aromatic carbocycles. The summed E-state index contributed by atoms with van der Waals surface area (Å²) >= 11 is 1.49. The van der Waals surface area contributed by atoms with Crippen LogP contribution in [-0.2, 0) is 0 Å². The molecule has 2 heteroatoms. The highest BCUT2D eigenvalue weighted by atomic mass is 32.1. The number of Topliss-reactive ketones (excluding diaryl/α,β-unsaturated/α-hetero) is 1. The predicted octanol–water partition coefficient (Wildman–Crippen LogP) is 2.55. The summed E-state index contributed by atoms with van der Waals surface area (Å²) in [5.74, 6) is 0.213. The van der Waals surface area contributed by atoms with E-state index >= 15 is 0 Å². The Kier molecular flexibility index (Phi) is 2.63. The van der Waals surface area contributed by atoms with Crippen LogP contribution in [0.3, 0.4) is 0 Å². The molecular formula is C8H9OS. The van der Waals surface area contributed by atoms with Gasteiger partial charge in [-0.3, -0.25) is 4.79 Å². The van der Waals surface area contributed by atoms with Crippen LogP contribution in [0.5, 0.6) is 0 Å². The van der Waals surface area contributed by atoms with Gasteiger partial charge in [-0.25, -0.2) is 0 Å². The molecule has 1 aromatic rings. The number of thiophene rings is 1. The van der Waals surface area contributed by atoms with Gasteiger partial charge < -0.3 is 0 Å². The van der Waals surface area contributed by atoms with E-state index in [2.05, 4.69) is 6.92 Å². The highest BCUT2D eigenvalue weighted by molar-refractivity contribution is 7.12. The Balaban J connectivity index is 2.59. The van der Waals surface area contributed by atoms with Crippen molar-refractivity contribution in [2.45, 2.75) is 12.8 Å². The van der Waals surface area contributed by atoms with Gasteiger partial charge >= 0.3 is 0 Å². The quantitative estimate of drug-likeness (QED) is 0.610. The van der Waals surface area contributed by atoms with Crippen molar-refractivity contribution in [2.24, 2.45) is 0 Å². The fourth-order valence-corrected chi connectivity index (χ4v) is 1.42. The molecule has 0 aliphatic rings. The Bertz CT molecular complexity index is 201. The summed E-state index contributed by atoms with van der Waals surface area (Å²) in [5.41, 5.74) is 0. The monoisotopic (exact) mass is 153 g/mol. The molecule has 1 aromatic heterocycles. The van der Waals surface area contributed by atoms with Gasteiger partial charge in [-0.2, -0.15) is 0 Å². The van der Waals surface area contributed by atoms with Gasteiger partial charge in [0, 0.05) is 6.42 Å². The van der Waals surface area contributed by atoms with Gasteiger partial charge in [-0.1, -0.05) is 13.0 Å². The first-order chi connectivity index (χ1) is 4.84. The molecule has 0 saturated heterocycles. The number of rotatable bonds is 3. The molecular weight excluding hydrogens is 144 g/mol. The fourth-order valence-electron chi connectivity index (χ4n) is 0.721. The first-order valence-electron chi connectivity index (χ1n) is 3.20. The van der Waals surface area contributed by atoms with Crippen molar-refractivity contribution in [1.29, 1.82) is 0 Å². The number of hydrogen-bond acceptors (Lipinski definition) is 2. The molecule has 0 aliphatic carbocycles. The maximum Gasteiger partial charge on any atom is 0.172 e. The molecule has 0 amide bonds. The van der Waals surface area contributed by atoms with Gasteiger partial charge in [0.05, 0.1) is 4.88 Å². The lowest BCUT2D eigenvalue weighted by atomic mass is 10.2. The lowest BCUT2D eigenvalue weighted by Crippen LogP contribution is -1.93. The van der Waals surface area contributed by atoms with Crippen molar-refractivity contribution < 1.29 is 4.79 Å². The zero-order valence-electron chi connectivity index (χ0n) is 5.67. The molecule has 0 unspecified atom stereocenters. The molecule has 1 rings (SSSR count). The van der Waals surface area contributed by atoms with E-state index in [9.17, 15) is 4.79 Å². The van der Waals surface area contributed by atoms with E-state index in [-0.39, 0.29) is 5.78 Å². The van der Waals surface area contributed by atoms with Gasteiger partial charge in [-0.15, -0.1) is 11.3 Å². The zero-order chi connectivity index (χ0) is 7.40. The van der Waals surface area contributed by atoms with Crippen molar-refractivity contribution >= 4 is 17.1 Å². The third-order valence-corrected chi connectivity index (χ3v) is 2.11. The van der Waals surface area contributed by atoms with Crippen molar-refractivity contribution in [1.82, 2.24) is 0 Å². The SMILES string of the molecule is [CH2]CCC(=O)c1cccs1. The Hall–Kier alpha value is -0.630. The van der Waals surface area contributed by atoms with Crippen LogP contribution in [-0.4, -0.2) is 5.78 Å². The highest BCUT2D eigenvalue weighted by Gasteiger charge is 2.03. The summed E-state index contributed by atoms with van der Waals surface area (Å²) in [6.45, 7) is 3.62. The first kappa shape index (κ1) is 7.48. The van der Waals surface area contributed by atoms with Crippen LogP contribution in [0.25, 0.3) is 0 Å². The van der Waals surface area contributed by atoms with Crippen molar-refractivity contribution in [3.8, 4) is 0 Å². The van der Waals surface area contributed by atoms with Gasteiger partial charge in [0.25, 0.3) is 0 Å². The van der Waals surface area contributed by atoms with E-state index in [0.717, 1.165) is 4.88 Å². The molecule has 1 radical (unpaired) electrons. The maximum absolute atomic E-state index is 11.1. The Morgan fingerprint density at radius 1 is 1.70 bits per heavy atom. The molecule has 10 heavy (non-hydrogen) atoms. The average Bonchev–Trinajstić information content (AvgIpc) is 2.38. The van der Waals surface area contributed by atoms with E-state index in [1.54, 1.807) is 0 Å². The topological polar surface area (TPSA) is 17.1 Å². The highest BCUT2D eigenvalue weighted by Crippen LogP contribution is 2.11. The zero-order valence-corrected chi connectivity index (χ0v) is 6.49. The summed E-state index contributed by atoms with van der Waals surface area (Å²) < 4.78 is 0. The average molecular weight is 153 g/mol. The molecule has 0 fully saturated rings. The lowest BCUT2D eigenvalue weighted by Gasteiger charge is -1.90. The lowest BCUT2D eigenvalue weighted by molar-refractivity contribution is 0.0987. The molecule has 0 saturated carbocycles. The van der Waals surface area contributed by atoms with Crippen LogP contribution in [0.15, 0.2) is 17.5 Å². The van der Waals surface area contributed by atoms with Crippen LogP contribution in [0.1, 0.15) is 22.5 Å². The predicted molar refractivity (Wildman–Crippen MR) is 43.2 cm³/mol. The van der Waals surface area contributed by atoms with Crippen LogP contribution >= 0.6 is 11.3 Å². The molecule has 1 heterocycles. The van der Waals surface area contributed by atoms with Crippen molar-refractivity contribution in [3.05, 3.63) is 29.3 Å². The van der Waals surface area contributed by atoms with Gasteiger partial charge in [0.1, 0.15) is 0 Å². The van der Waals surface area contributed by atoms with Crippen molar-refractivity contribution in [2.75, 3.05) is 0 Å². The second-order valence-corrected chi connectivity index (χ2v) is 2.95. The fraction of sp³-hybridized carbons (Fsp3) is 0.250. The third-order valence-electron chi connectivity index (χ3n) is 1.20. The van der Waals surface area contributed by atoms with E-state index < -0.39 is 0 Å². The maximum atomic E-state index is 11.1. The Labute approximate surface area is 64.7 Å². The van der Waals surface area contributed by atoms with Gasteiger partial charge in [0.15, 0.2) is 5.78 Å². The molecule has 0 bridgehead atoms.